The molecule has 0 heterocycles. The number of carbonyl (C=O) groups excluding carboxylic acids is 2. The van der Waals surface area contributed by atoms with Crippen LogP contribution in [-0.2, 0) is 9.59 Å². The Hall–Kier alpha value is -4.26. The smallest absolute Gasteiger partial charge is 0.338 e. The normalized spacial score (nSPS) is 10.8. The molecule has 0 saturated heterocycles. The van der Waals surface area contributed by atoms with E-state index in [1.54, 1.807) is 50.4 Å². The zero-order chi connectivity index (χ0) is 27.0. The molecule has 194 valence electrons. The van der Waals surface area contributed by atoms with Gasteiger partial charge in [0.05, 0.1) is 12.5 Å². The van der Waals surface area contributed by atoms with Crippen molar-refractivity contribution in [3.8, 4) is 39.9 Å². The average molecular weight is 505 g/mol. The van der Waals surface area contributed by atoms with Gasteiger partial charge in [-0.3, -0.25) is 4.79 Å². The summed E-state index contributed by atoms with van der Waals surface area (Å²) < 4.78 is 27.7. The third-order valence-electron chi connectivity index (χ3n) is 5.17. The number of hydrogen-bond donors (Lipinski definition) is 0. The molecule has 0 aromatic heterocycles. The molecule has 0 radical (unpaired) electrons. The lowest BCUT2D eigenvalue weighted by molar-refractivity contribution is -0.143. The number of esters is 2. The quantitative estimate of drug-likeness (QED) is 0.140. The maximum atomic E-state index is 12.1. The minimum Gasteiger partial charge on any atom is -0.493 e. The third-order valence-corrected chi connectivity index (χ3v) is 5.17. The minimum atomic E-state index is -0.571. The fourth-order valence-corrected chi connectivity index (χ4v) is 3.05. The average Bonchev–Trinajstić information content (AvgIpc) is 2.87. The van der Waals surface area contributed by atoms with Gasteiger partial charge >= 0.3 is 11.9 Å². The summed E-state index contributed by atoms with van der Waals surface area (Å²) >= 11 is 0. The lowest BCUT2D eigenvalue weighted by Crippen LogP contribution is -2.25. The zero-order valence-corrected chi connectivity index (χ0v) is 21.8. The van der Waals surface area contributed by atoms with Gasteiger partial charge in [0.15, 0.2) is 11.5 Å². The first-order valence-corrected chi connectivity index (χ1v) is 11.8. The van der Waals surface area contributed by atoms with Crippen LogP contribution >= 0.6 is 0 Å². The summed E-state index contributed by atoms with van der Waals surface area (Å²) in [5.74, 6) is 1.96. The highest BCUT2D eigenvalue weighted by Gasteiger charge is 2.23. The van der Waals surface area contributed by atoms with Crippen LogP contribution in [0.25, 0.3) is 11.1 Å². The first-order chi connectivity index (χ1) is 17.6. The molecule has 0 amide bonds. The highest BCUT2D eigenvalue weighted by atomic mass is 16.5. The molecule has 0 atom stereocenters. The molecular weight excluding hydrogens is 472 g/mol. The Balaban J connectivity index is 1.54. The van der Waals surface area contributed by atoms with Crippen LogP contribution in [0.1, 0.15) is 27.7 Å². The van der Waals surface area contributed by atoms with Crippen LogP contribution in [0.2, 0.25) is 0 Å². The van der Waals surface area contributed by atoms with Crippen LogP contribution in [0.5, 0.6) is 28.7 Å². The number of benzene rings is 3. The summed E-state index contributed by atoms with van der Waals surface area (Å²) in [5, 5.41) is 0. The molecule has 0 N–H and O–H groups in total. The summed E-state index contributed by atoms with van der Waals surface area (Å²) in [4.78, 5) is 23.7. The summed E-state index contributed by atoms with van der Waals surface area (Å²) in [7, 11) is 1.58. The van der Waals surface area contributed by atoms with Crippen molar-refractivity contribution in [3.05, 3.63) is 78.9 Å². The van der Waals surface area contributed by atoms with Gasteiger partial charge in [0.2, 0.25) is 0 Å². The SMILES string of the molecule is C=C(C)C(=O)Oc1ccc(OCCOc2ccc(-c3ccc(OC(=O)C(C)(C)C)cc3)cc2OC)cc1. The van der Waals surface area contributed by atoms with Crippen molar-refractivity contribution in [3.63, 3.8) is 0 Å². The molecule has 0 spiro atoms. The van der Waals surface area contributed by atoms with Crippen LogP contribution in [-0.4, -0.2) is 32.3 Å². The Morgan fingerprint density at radius 2 is 1.27 bits per heavy atom. The zero-order valence-electron chi connectivity index (χ0n) is 21.8. The van der Waals surface area contributed by atoms with Gasteiger partial charge < -0.3 is 23.7 Å². The number of carbonyl (C=O) groups is 2. The molecule has 7 heteroatoms. The molecular formula is C30H32O7. The monoisotopic (exact) mass is 504 g/mol. The van der Waals surface area contributed by atoms with E-state index in [1.165, 1.54) is 0 Å². The van der Waals surface area contributed by atoms with Crippen LogP contribution in [0.15, 0.2) is 78.9 Å². The molecule has 0 fully saturated rings. The van der Waals surface area contributed by atoms with Crippen molar-refractivity contribution >= 4 is 11.9 Å². The predicted octanol–water partition coefficient (Wildman–Crippen LogP) is 6.25. The first kappa shape index (κ1) is 27.3. The number of ether oxygens (including phenoxy) is 5. The van der Waals surface area contributed by atoms with E-state index in [0.717, 1.165) is 11.1 Å². The van der Waals surface area contributed by atoms with Gasteiger partial charge in [0.1, 0.15) is 30.5 Å². The molecule has 0 aliphatic heterocycles. The van der Waals surface area contributed by atoms with Crippen LogP contribution in [0.4, 0.5) is 0 Å². The van der Waals surface area contributed by atoms with E-state index < -0.39 is 11.4 Å². The number of methoxy groups -OCH3 is 1. The van der Waals surface area contributed by atoms with Crippen LogP contribution in [0, 0.1) is 5.41 Å². The van der Waals surface area contributed by atoms with E-state index in [9.17, 15) is 9.59 Å². The van der Waals surface area contributed by atoms with Gasteiger partial charge in [-0.25, -0.2) is 4.79 Å². The van der Waals surface area contributed by atoms with Crippen LogP contribution < -0.4 is 23.7 Å². The highest BCUT2D eigenvalue weighted by Crippen LogP contribution is 2.33. The molecule has 0 aliphatic carbocycles. The van der Waals surface area contributed by atoms with Crippen molar-refractivity contribution < 1.29 is 33.3 Å². The Bertz CT molecular complexity index is 1240. The highest BCUT2D eigenvalue weighted by molar-refractivity contribution is 5.88. The fraction of sp³-hybridized carbons (Fsp3) is 0.267. The largest absolute Gasteiger partial charge is 0.493 e. The lowest BCUT2D eigenvalue weighted by atomic mass is 9.97. The molecule has 3 aromatic carbocycles. The molecule has 0 aliphatic rings. The van der Waals surface area contributed by atoms with E-state index in [0.29, 0.717) is 47.5 Å². The van der Waals surface area contributed by atoms with Crippen molar-refractivity contribution in [1.29, 1.82) is 0 Å². The van der Waals surface area contributed by atoms with E-state index >= 15 is 0 Å². The van der Waals surface area contributed by atoms with Gasteiger partial charge in [-0.05, 0) is 87.4 Å². The van der Waals surface area contributed by atoms with Gasteiger partial charge in [0.25, 0.3) is 0 Å². The van der Waals surface area contributed by atoms with Crippen molar-refractivity contribution in [2.45, 2.75) is 27.7 Å². The number of hydrogen-bond acceptors (Lipinski definition) is 7. The van der Waals surface area contributed by atoms with E-state index in [1.807, 2.05) is 51.1 Å². The minimum absolute atomic E-state index is 0.284. The molecule has 3 rings (SSSR count). The van der Waals surface area contributed by atoms with Crippen molar-refractivity contribution in [2.24, 2.45) is 5.41 Å². The van der Waals surface area contributed by atoms with E-state index in [-0.39, 0.29) is 5.97 Å². The Morgan fingerprint density at radius 3 is 1.86 bits per heavy atom. The first-order valence-electron chi connectivity index (χ1n) is 11.8. The fourth-order valence-electron chi connectivity index (χ4n) is 3.05. The Morgan fingerprint density at radius 1 is 0.730 bits per heavy atom. The summed E-state index contributed by atoms with van der Waals surface area (Å²) in [6.07, 6.45) is 0. The number of rotatable bonds is 10. The van der Waals surface area contributed by atoms with Gasteiger partial charge in [0, 0.05) is 5.57 Å². The second kappa shape index (κ2) is 12.1. The Labute approximate surface area is 217 Å². The van der Waals surface area contributed by atoms with Gasteiger partial charge in [-0.2, -0.15) is 0 Å². The second-order valence-corrected chi connectivity index (χ2v) is 9.37. The summed E-state index contributed by atoms with van der Waals surface area (Å²) in [6.45, 7) is 11.2. The van der Waals surface area contributed by atoms with E-state index in [4.69, 9.17) is 23.7 Å². The lowest BCUT2D eigenvalue weighted by Gasteiger charge is -2.16. The molecule has 37 heavy (non-hydrogen) atoms. The maximum Gasteiger partial charge on any atom is 0.338 e. The molecule has 0 unspecified atom stereocenters. The molecule has 0 bridgehead atoms. The van der Waals surface area contributed by atoms with Gasteiger partial charge in [-0.15, -0.1) is 0 Å². The topological polar surface area (TPSA) is 80.3 Å². The maximum absolute atomic E-state index is 12.1. The van der Waals surface area contributed by atoms with Crippen LogP contribution in [0.3, 0.4) is 0 Å². The molecule has 3 aromatic rings. The van der Waals surface area contributed by atoms with Crippen molar-refractivity contribution in [1.82, 2.24) is 0 Å². The predicted molar refractivity (Wildman–Crippen MR) is 141 cm³/mol. The summed E-state index contributed by atoms with van der Waals surface area (Å²) in [5.41, 5.74) is 1.64. The second-order valence-electron chi connectivity index (χ2n) is 9.37. The van der Waals surface area contributed by atoms with Crippen molar-refractivity contribution in [2.75, 3.05) is 20.3 Å². The molecule has 7 nitrogen and oxygen atoms in total. The Kier molecular flexibility index (Phi) is 8.95. The molecule has 0 saturated carbocycles. The van der Waals surface area contributed by atoms with Gasteiger partial charge in [-0.1, -0.05) is 24.8 Å². The standard InChI is InChI=1S/C30H32O7/c1-20(2)28(31)36-24-14-12-23(13-15-24)34-17-18-35-26-16-9-22(19-27(26)33-6)21-7-10-25(11-8-21)37-29(32)30(3,4)5/h7-16,19H,1,17-18H2,2-6H3. The van der Waals surface area contributed by atoms with E-state index in [2.05, 4.69) is 6.58 Å². The third kappa shape index (κ3) is 7.87. The summed E-state index contributed by atoms with van der Waals surface area (Å²) in [6, 6.07) is 19.7.